The van der Waals surface area contributed by atoms with E-state index in [1.54, 1.807) is 38.1 Å². The van der Waals surface area contributed by atoms with Gasteiger partial charge < -0.3 is 5.73 Å². The van der Waals surface area contributed by atoms with Crippen LogP contribution in [0.3, 0.4) is 0 Å². The number of rotatable bonds is 4. The lowest BCUT2D eigenvalue weighted by molar-refractivity contribution is -0.386. The molecule has 21 heavy (non-hydrogen) atoms. The minimum atomic E-state index is -1.35. The van der Waals surface area contributed by atoms with Crippen molar-refractivity contribution in [2.45, 2.75) is 24.5 Å². The van der Waals surface area contributed by atoms with Gasteiger partial charge in [-0.15, -0.1) is 0 Å². The van der Waals surface area contributed by atoms with E-state index in [1.165, 1.54) is 6.20 Å². The quantitative estimate of drug-likeness (QED) is 0.531. The van der Waals surface area contributed by atoms with Crippen LogP contribution < -0.4 is 5.73 Å². The van der Waals surface area contributed by atoms with Crippen molar-refractivity contribution in [2.75, 3.05) is 5.73 Å². The lowest BCUT2D eigenvalue weighted by Crippen LogP contribution is -2.05. The lowest BCUT2D eigenvalue weighted by atomic mass is 10.1. The number of nitrogens with two attached hydrogens (primary N) is 1. The van der Waals surface area contributed by atoms with Crippen LogP contribution in [0.4, 0.5) is 11.4 Å². The Balaban J connectivity index is 2.34. The summed E-state index contributed by atoms with van der Waals surface area (Å²) in [7, 11) is -1.35. The average molecular weight is 305 g/mol. The van der Waals surface area contributed by atoms with Crippen LogP contribution in [-0.4, -0.2) is 14.1 Å². The first-order chi connectivity index (χ1) is 9.90. The third-order valence-electron chi connectivity index (χ3n) is 3.15. The zero-order valence-corrected chi connectivity index (χ0v) is 12.5. The fourth-order valence-electron chi connectivity index (χ4n) is 2.06. The number of nitrogen functional groups attached to an aromatic ring is 1. The van der Waals surface area contributed by atoms with Gasteiger partial charge >= 0.3 is 0 Å². The second-order valence-electron chi connectivity index (χ2n) is 4.68. The average Bonchev–Trinajstić information content (AvgIpc) is 2.41. The van der Waals surface area contributed by atoms with E-state index in [0.717, 1.165) is 0 Å². The van der Waals surface area contributed by atoms with E-state index in [-0.39, 0.29) is 11.4 Å². The highest BCUT2D eigenvalue weighted by molar-refractivity contribution is 7.84. The molecule has 1 aromatic heterocycles. The zero-order valence-electron chi connectivity index (χ0n) is 11.7. The number of pyridine rings is 1. The Hall–Kier alpha value is -2.28. The number of aromatic nitrogens is 1. The van der Waals surface area contributed by atoms with E-state index in [0.29, 0.717) is 27.4 Å². The number of nitrogens with zero attached hydrogens (tertiary/aromatic N) is 2. The molecule has 1 unspecified atom stereocenters. The van der Waals surface area contributed by atoms with E-state index in [2.05, 4.69) is 4.98 Å². The summed E-state index contributed by atoms with van der Waals surface area (Å²) in [5, 5.41) is 11.1. The molecule has 0 aliphatic carbocycles. The Kier molecular flexibility index (Phi) is 4.32. The van der Waals surface area contributed by atoms with Crippen molar-refractivity contribution in [3.63, 3.8) is 0 Å². The molecule has 0 amide bonds. The number of anilines is 1. The smallest absolute Gasteiger partial charge is 0.278 e. The van der Waals surface area contributed by atoms with Crippen molar-refractivity contribution in [2.24, 2.45) is 0 Å². The largest absolute Gasteiger partial charge is 0.399 e. The summed E-state index contributed by atoms with van der Waals surface area (Å²) in [5.41, 5.74) is 7.64. The summed E-state index contributed by atoms with van der Waals surface area (Å²) in [4.78, 5) is 15.4. The van der Waals surface area contributed by atoms with Gasteiger partial charge in [-0.25, -0.2) is 0 Å². The molecule has 6 nitrogen and oxygen atoms in total. The van der Waals surface area contributed by atoms with Gasteiger partial charge in [-0.1, -0.05) is 6.07 Å². The molecule has 0 saturated carbocycles. The molecule has 2 aromatic rings. The third kappa shape index (κ3) is 3.25. The normalized spacial score (nSPS) is 12.1. The standard InChI is InChI=1S/C14H15N3O3S/c1-9-7-16-13(10(2)14(9)17(18)19)8-21(20)12-5-3-4-11(15)6-12/h3-7H,8,15H2,1-2H3. The molecule has 0 aliphatic heterocycles. The Bertz CT molecular complexity index is 731. The fourth-order valence-corrected chi connectivity index (χ4v) is 3.26. The summed E-state index contributed by atoms with van der Waals surface area (Å²) >= 11 is 0. The van der Waals surface area contributed by atoms with Crippen molar-refractivity contribution in [3.05, 3.63) is 57.4 Å². The Morgan fingerprint density at radius 3 is 2.71 bits per heavy atom. The summed E-state index contributed by atoms with van der Waals surface area (Å²) in [5.74, 6) is 0.121. The minimum Gasteiger partial charge on any atom is -0.399 e. The molecule has 2 rings (SSSR count). The van der Waals surface area contributed by atoms with Gasteiger partial charge in [0.05, 0.1) is 27.2 Å². The molecule has 0 spiro atoms. The molecule has 7 heteroatoms. The number of hydrogen-bond donors (Lipinski definition) is 1. The highest BCUT2D eigenvalue weighted by Crippen LogP contribution is 2.25. The van der Waals surface area contributed by atoms with Crippen molar-refractivity contribution in [3.8, 4) is 0 Å². The van der Waals surface area contributed by atoms with Gasteiger partial charge in [-0.3, -0.25) is 19.3 Å². The third-order valence-corrected chi connectivity index (χ3v) is 4.46. The first-order valence-corrected chi connectivity index (χ1v) is 7.55. The first kappa shape index (κ1) is 15.1. The van der Waals surface area contributed by atoms with Gasteiger partial charge in [0.1, 0.15) is 0 Å². The molecule has 0 bridgehead atoms. The van der Waals surface area contributed by atoms with E-state index in [9.17, 15) is 14.3 Å². The summed E-state index contributed by atoms with van der Waals surface area (Å²) < 4.78 is 12.3. The Morgan fingerprint density at radius 2 is 2.10 bits per heavy atom. The Morgan fingerprint density at radius 1 is 1.38 bits per heavy atom. The van der Waals surface area contributed by atoms with Gasteiger partial charge in [-0.2, -0.15) is 0 Å². The second-order valence-corrected chi connectivity index (χ2v) is 6.13. The van der Waals surface area contributed by atoms with Crippen molar-refractivity contribution in [1.82, 2.24) is 4.98 Å². The summed E-state index contributed by atoms with van der Waals surface area (Å²) in [6, 6.07) is 6.78. The van der Waals surface area contributed by atoms with Gasteiger partial charge in [0, 0.05) is 27.9 Å². The van der Waals surface area contributed by atoms with Crippen molar-refractivity contribution >= 4 is 22.2 Å². The topological polar surface area (TPSA) is 99.1 Å². The first-order valence-electron chi connectivity index (χ1n) is 6.23. The molecular weight excluding hydrogens is 290 g/mol. The fraction of sp³-hybridized carbons (Fsp3) is 0.214. The predicted octanol–water partition coefficient (Wildman–Crippen LogP) is 2.50. The van der Waals surface area contributed by atoms with Crippen LogP contribution in [0.1, 0.15) is 16.8 Å². The Labute approximate surface area is 124 Å². The van der Waals surface area contributed by atoms with Crippen LogP contribution in [-0.2, 0) is 16.6 Å². The van der Waals surface area contributed by atoms with Crippen LogP contribution in [0.15, 0.2) is 35.4 Å². The highest BCUT2D eigenvalue weighted by Gasteiger charge is 2.20. The molecule has 0 fully saturated rings. The monoisotopic (exact) mass is 305 g/mol. The zero-order chi connectivity index (χ0) is 15.6. The second kappa shape index (κ2) is 6.01. The van der Waals surface area contributed by atoms with Crippen LogP contribution >= 0.6 is 0 Å². The molecule has 0 saturated heterocycles. The maximum atomic E-state index is 12.3. The number of benzene rings is 1. The highest BCUT2D eigenvalue weighted by atomic mass is 32.2. The molecule has 110 valence electrons. The van der Waals surface area contributed by atoms with Gasteiger partial charge in [0.25, 0.3) is 5.69 Å². The number of hydrogen-bond acceptors (Lipinski definition) is 5. The molecular formula is C14H15N3O3S. The molecule has 1 aromatic carbocycles. The van der Waals surface area contributed by atoms with E-state index < -0.39 is 15.7 Å². The summed E-state index contributed by atoms with van der Waals surface area (Å²) in [6.45, 7) is 3.26. The lowest BCUT2D eigenvalue weighted by Gasteiger charge is -2.08. The maximum absolute atomic E-state index is 12.3. The maximum Gasteiger partial charge on any atom is 0.278 e. The SMILES string of the molecule is Cc1cnc(CS(=O)c2cccc(N)c2)c(C)c1[N+](=O)[O-]. The van der Waals surface area contributed by atoms with Crippen LogP contribution in [0.5, 0.6) is 0 Å². The molecule has 2 N–H and O–H groups in total. The predicted molar refractivity (Wildman–Crippen MR) is 81.3 cm³/mol. The van der Waals surface area contributed by atoms with E-state index >= 15 is 0 Å². The van der Waals surface area contributed by atoms with Crippen LogP contribution in [0.25, 0.3) is 0 Å². The minimum absolute atomic E-state index is 0.0320. The van der Waals surface area contributed by atoms with E-state index in [1.807, 2.05) is 0 Å². The van der Waals surface area contributed by atoms with Crippen LogP contribution in [0, 0.1) is 24.0 Å². The molecule has 0 aliphatic rings. The molecule has 1 heterocycles. The molecule has 1 atom stereocenters. The molecule has 0 radical (unpaired) electrons. The van der Waals surface area contributed by atoms with Crippen molar-refractivity contribution < 1.29 is 9.13 Å². The number of nitro groups is 1. The van der Waals surface area contributed by atoms with Gasteiger partial charge in [-0.05, 0) is 32.0 Å². The van der Waals surface area contributed by atoms with Gasteiger partial charge in [0.15, 0.2) is 0 Å². The van der Waals surface area contributed by atoms with Crippen molar-refractivity contribution in [1.29, 1.82) is 0 Å². The summed E-state index contributed by atoms with van der Waals surface area (Å²) in [6.07, 6.45) is 1.44. The van der Waals surface area contributed by atoms with E-state index in [4.69, 9.17) is 5.73 Å². The van der Waals surface area contributed by atoms with Gasteiger partial charge in [0.2, 0.25) is 0 Å². The number of aryl methyl sites for hydroxylation is 1. The van der Waals surface area contributed by atoms with Crippen LogP contribution in [0.2, 0.25) is 0 Å².